The van der Waals surface area contributed by atoms with Crippen LogP contribution in [0.4, 0.5) is 0 Å². The molecule has 2 aromatic rings. The number of aromatic amines is 2. The van der Waals surface area contributed by atoms with Crippen LogP contribution in [0.3, 0.4) is 0 Å². The number of H-pyrrole nitrogens is 2. The Morgan fingerprint density at radius 3 is 2.83 bits per heavy atom. The third kappa shape index (κ3) is 2.64. The van der Waals surface area contributed by atoms with Gasteiger partial charge in [0, 0.05) is 28.1 Å². The summed E-state index contributed by atoms with van der Waals surface area (Å²) >= 11 is 3.41. The number of carbonyl (C=O) groups is 1. The SMILES string of the molecule is COC(=O)[C@H]1[C@H](c2cccc(Br)c2)c2c([nH][nH]c2=O)C[C@]1(C)O. The first-order valence-electron chi connectivity index (χ1n) is 7.20. The largest absolute Gasteiger partial charge is 0.469 e. The molecule has 0 saturated heterocycles. The first-order chi connectivity index (χ1) is 10.8. The Hall–Kier alpha value is -1.86. The number of fused-ring (bicyclic) bond motifs is 1. The maximum atomic E-state index is 12.4. The van der Waals surface area contributed by atoms with E-state index in [1.54, 1.807) is 6.92 Å². The highest BCUT2D eigenvalue weighted by Gasteiger charge is 2.51. The lowest BCUT2D eigenvalue weighted by Gasteiger charge is -2.40. The highest BCUT2D eigenvalue weighted by Crippen LogP contribution is 2.44. The van der Waals surface area contributed by atoms with Gasteiger partial charge in [-0.25, -0.2) is 0 Å². The third-order valence-corrected chi connectivity index (χ3v) is 4.90. The Labute approximate surface area is 141 Å². The Morgan fingerprint density at radius 1 is 1.43 bits per heavy atom. The number of carbonyl (C=O) groups excluding carboxylic acids is 1. The van der Waals surface area contributed by atoms with Crippen molar-refractivity contribution in [3.05, 3.63) is 55.9 Å². The lowest BCUT2D eigenvalue weighted by atomic mass is 9.66. The van der Waals surface area contributed by atoms with Gasteiger partial charge in [-0.15, -0.1) is 0 Å². The van der Waals surface area contributed by atoms with Crippen LogP contribution in [0.1, 0.15) is 29.7 Å². The molecule has 3 N–H and O–H groups in total. The minimum atomic E-state index is -1.34. The molecule has 1 aromatic carbocycles. The van der Waals surface area contributed by atoms with Gasteiger partial charge in [-0.3, -0.25) is 14.7 Å². The van der Waals surface area contributed by atoms with Crippen molar-refractivity contribution >= 4 is 21.9 Å². The lowest BCUT2D eigenvalue weighted by Crippen LogP contribution is -2.49. The molecule has 3 atom stereocenters. The number of nitrogens with one attached hydrogen (secondary N) is 2. The van der Waals surface area contributed by atoms with Gasteiger partial charge >= 0.3 is 5.97 Å². The first-order valence-corrected chi connectivity index (χ1v) is 7.99. The quantitative estimate of drug-likeness (QED) is 0.690. The Bertz CT molecular complexity index is 808. The summed E-state index contributed by atoms with van der Waals surface area (Å²) in [5.74, 6) is -1.99. The number of rotatable bonds is 2. The zero-order chi connectivity index (χ0) is 16.8. The molecule has 0 unspecified atom stereocenters. The number of halogens is 1. The summed E-state index contributed by atoms with van der Waals surface area (Å²) in [5.41, 5.74) is 0.240. The van der Waals surface area contributed by atoms with Crippen molar-refractivity contribution < 1.29 is 14.6 Å². The predicted octanol–water partition coefficient (Wildman–Crippen LogP) is 1.69. The third-order valence-electron chi connectivity index (χ3n) is 4.41. The highest BCUT2D eigenvalue weighted by molar-refractivity contribution is 9.10. The van der Waals surface area contributed by atoms with Gasteiger partial charge < -0.3 is 14.9 Å². The van der Waals surface area contributed by atoms with Gasteiger partial charge in [-0.05, 0) is 24.6 Å². The van der Waals surface area contributed by atoms with Crippen molar-refractivity contribution in [1.82, 2.24) is 10.2 Å². The second kappa shape index (κ2) is 5.65. The Kier molecular flexibility index (Phi) is 3.93. The minimum Gasteiger partial charge on any atom is -0.469 e. The van der Waals surface area contributed by atoms with Gasteiger partial charge in [0.15, 0.2) is 0 Å². The smallest absolute Gasteiger partial charge is 0.312 e. The molecular formula is C16H17BrN2O4. The van der Waals surface area contributed by atoms with Crippen molar-refractivity contribution in [2.24, 2.45) is 5.92 Å². The molecule has 3 rings (SSSR count). The second-order valence-electron chi connectivity index (χ2n) is 6.04. The van der Waals surface area contributed by atoms with E-state index in [0.717, 1.165) is 10.0 Å². The molecule has 1 heterocycles. The van der Waals surface area contributed by atoms with Crippen LogP contribution in [0, 0.1) is 5.92 Å². The van der Waals surface area contributed by atoms with Crippen LogP contribution >= 0.6 is 15.9 Å². The van der Waals surface area contributed by atoms with Crippen molar-refractivity contribution in [2.45, 2.75) is 24.9 Å². The van der Waals surface area contributed by atoms with Crippen molar-refractivity contribution in [1.29, 1.82) is 0 Å². The van der Waals surface area contributed by atoms with E-state index in [9.17, 15) is 14.7 Å². The maximum Gasteiger partial charge on any atom is 0.312 e. The van der Waals surface area contributed by atoms with Crippen molar-refractivity contribution in [2.75, 3.05) is 7.11 Å². The minimum absolute atomic E-state index is 0.172. The van der Waals surface area contributed by atoms with Crippen molar-refractivity contribution in [3.63, 3.8) is 0 Å². The Morgan fingerprint density at radius 2 is 2.17 bits per heavy atom. The zero-order valence-electron chi connectivity index (χ0n) is 12.7. The number of hydrogen-bond acceptors (Lipinski definition) is 4. The Balaban J connectivity index is 2.26. The number of aliphatic hydroxyl groups is 1. The summed E-state index contributed by atoms with van der Waals surface area (Å²) in [4.78, 5) is 24.6. The number of ether oxygens (including phenoxy) is 1. The van der Waals surface area contributed by atoms with E-state index >= 15 is 0 Å². The topological polar surface area (TPSA) is 95.2 Å². The molecule has 0 bridgehead atoms. The van der Waals surface area contributed by atoms with E-state index < -0.39 is 23.4 Å². The summed E-state index contributed by atoms with van der Waals surface area (Å²) < 4.78 is 5.74. The van der Waals surface area contributed by atoms with Crippen LogP contribution in [-0.4, -0.2) is 34.0 Å². The van der Waals surface area contributed by atoms with Gasteiger partial charge in [0.2, 0.25) is 0 Å². The van der Waals surface area contributed by atoms with Gasteiger partial charge in [-0.2, -0.15) is 0 Å². The molecule has 1 aromatic heterocycles. The summed E-state index contributed by atoms with van der Waals surface area (Å²) in [6.07, 6.45) is 0.172. The number of methoxy groups -OCH3 is 1. The van der Waals surface area contributed by atoms with E-state index in [-0.39, 0.29) is 12.0 Å². The maximum absolute atomic E-state index is 12.4. The number of hydrogen-bond donors (Lipinski definition) is 3. The van der Waals surface area contributed by atoms with E-state index in [1.807, 2.05) is 24.3 Å². The van der Waals surface area contributed by atoms with Crippen LogP contribution in [0.25, 0.3) is 0 Å². The van der Waals surface area contributed by atoms with E-state index in [0.29, 0.717) is 11.3 Å². The molecule has 122 valence electrons. The molecule has 0 saturated carbocycles. The van der Waals surface area contributed by atoms with Crippen molar-refractivity contribution in [3.8, 4) is 0 Å². The number of benzene rings is 1. The summed E-state index contributed by atoms with van der Waals surface area (Å²) in [6.45, 7) is 1.59. The fraction of sp³-hybridized carbons (Fsp3) is 0.375. The molecule has 23 heavy (non-hydrogen) atoms. The second-order valence-corrected chi connectivity index (χ2v) is 6.95. The zero-order valence-corrected chi connectivity index (χ0v) is 14.3. The normalized spacial score (nSPS) is 26.6. The highest BCUT2D eigenvalue weighted by atomic mass is 79.9. The van der Waals surface area contributed by atoms with E-state index in [2.05, 4.69) is 26.1 Å². The molecule has 0 aliphatic heterocycles. The molecule has 6 nitrogen and oxygen atoms in total. The molecule has 0 amide bonds. The molecular weight excluding hydrogens is 364 g/mol. The number of esters is 1. The predicted molar refractivity (Wildman–Crippen MR) is 87.2 cm³/mol. The molecule has 0 radical (unpaired) electrons. The number of aromatic nitrogens is 2. The molecule has 1 aliphatic carbocycles. The van der Waals surface area contributed by atoms with Crippen LogP contribution in [0.2, 0.25) is 0 Å². The van der Waals surface area contributed by atoms with E-state index in [1.165, 1.54) is 7.11 Å². The van der Waals surface area contributed by atoms with Crippen LogP contribution in [-0.2, 0) is 16.0 Å². The fourth-order valence-electron chi connectivity index (χ4n) is 3.44. The average Bonchev–Trinajstić information content (AvgIpc) is 2.84. The summed E-state index contributed by atoms with van der Waals surface area (Å²) in [6, 6.07) is 7.37. The van der Waals surface area contributed by atoms with Gasteiger partial charge in [0.05, 0.1) is 18.6 Å². The molecule has 0 spiro atoms. The standard InChI is InChI=1S/C16H17BrN2O4/c1-16(22)7-10-12(14(20)19-18-10)11(13(16)15(21)23-2)8-4-3-5-9(17)6-8/h3-6,11,13,22H,7H2,1-2H3,(H2,18,19,20)/t11-,13-,16+/m1/s1. The molecule has 7 heteroatoms. The lowest BCUT2D eigenvalue weighted by molar-refractivity contribution is -0.156. The van der Waals surface area contributed by atoms with Crippen LogP contribution in [0.15, 0.2) is 33.5 Å². The average molecular weight is 381 g/mol. The van der Waals surface area contributed by atoms with Crippen LogP contribution < -0.4 is 5.56 Å². The van der Waals surface area contributed by atoms with Gasteiger partial charge in [-0.1, -0.05) is 28.1 Å². The fourth-order valence-corrected chi connectivity index (χ4v) is 3.86. The summed E-state index contributed by atoms with van der Waals surface area (Å²) in [5, 5.41) is 16.2. The molecule has 0 fully saturated rings. The van der Waals surface area contributed by atoms with Gasteiger partial charge in [0.25, 0.3) is 5.56 Å². The monoisotopic (exact) mass is 380 g/mol. The molecule has 1 aliphatic rings. The van der Waals surface area contributed by atoms with Gasteiger partial charge in [0.1, 0.15) is 0 Å². The first kappa shape index (κ1) is 16.0. The van der Waals surface area contributed by atoms with E-state index in [4.69, 9.17) is 4.74 Å². The summed E-state index contributed by atoms with van der Waals surface area (Å²) in [7, 11) is 1.28. The van der Waals surface area contributed by atoms with Crippen LogP contribution in [0.5, 0.6) is 0 Å².